The first-order chi connectivity index (χ1) is 7.63. The number of rotatable bonds is 3. The standard InChI is InChI=1S/C14H21NO/c1-9(2)12-6-13(11-7-15-8-11)10(3)5-14(12)16-4/h5-6,9,11,15H,7-8H2,1-4H3. The van der Waals surface area contributed by atoms with Crippen LogP contribution in [0.5, 0.6) is 5.75 Å². The molecule has 0 aromatic heterocycles. The lowest BCUT2D eigenvalue weighted by Gasteiger charge is -2.30. The van der Waals surface area contributed by atoms with Crippen molar-refractivity contribution in [3.05, 3.63) is 28.8 Å². The van der Waals surface area contributed by atoms with Crippen LogP contribution in [0.3, 0.4) is 0 Å². The molecule has 1 heterocycles. The Labute approximate surface area is 98.0 Å². The summed E-state index contributed by atoms with van der Waals surface area (Å²) in [6.07, 6.45) is 0. The molecule has 0 unspecified atom stereocenters. The van der Waals surface area contributed by atoms with Gasteiger partial charge in [-0.1, -0.05) is 19.9 Å². The number of methoxy groups -OCH3 is 1. The Balaban J connectivity index is 2.42. The molecule has 2 rings (SSSR count). The average molecular weight is 219 g/mol. The Hall–Kier alpha value is -1.02. The smallest absolute Gasteiger partial charge is 0.122 e. The summed E-state index contributed by atoms with van der Waals surface area (Å²) in [5.74, 6) is 2.24. The van der Waals surface area contributed by atoms with Crippen LogP contribution in [-0.4, -0.2) is 20.2 Å². The predicted octanol–water partition coefficient (Wildman–Crippen LogP) is 2.81. The lowest BCUT2D eigenvalue weighted by Crippen LogP contribution is -2.40. The maximum atomic E-state index is 5.46. The van der Waals surface area contributed by atoms with Crippen molar-refractivity contribution < 1.29 is 4.74 Å². The van der Waals surface area contributed by atoms with Gasteiger partial charge in [0.25, 0.3) is 0 Å². The molecule has 0 atom stereocenters. The minimum atomic E-state index is 0.516. The first-order valence-electron chi connectivity index (χ1n) is 6.02. The third-order valence-electron chi connectivity index (χ3n) is 3.46. The van der Waals surface area contributed by atoms with E-state index in [4.69, 9.17) is 4.74 Å². The highest BCUT2D eigenvalue weighted by Crippen LogP contribution is 2.33. The first-order valence-corrected chi connectivity index (χ1v) is 6.02. The van der Waals surface area contributed by atoms with E-state index in [1.807, 2.05) is 0 Å². The normalized spacial score (nSPS) is 16.3. The molecule has 1 fully saturated rings. The molecule has 0 amide bonds. The minimum absolute atomic E-state index is 0.516. The van der Waals surface area contributed by atoms with E-state index in [0.717, 1.165) is 18.8 Å². The topological polar surface area (TPSA) is 21.3 Å². The maximum Gasteiger partial charge on any atom is 0.122 e. The average Bonchev–Trinajstić information content (AvgIpc) is 2.17. The molecule has 1 aromatic carbocycles. The zero-order valence-corrected chi connectivity index (χ0v) is 10.6. The highest BCUT2D eigenvalue weighted by molar-refractivity contribution is 5.46. The van der Waals surface area contributed by atoms with Crippen LogP contribution < -0.4 is 10.1 Å². The van der Waals surface area contributed by atoms with Gasteiger partial charge < -0.3 is 10.1 Å². The van der Waals surface area contributed by atoms with Gasteiger partial charge in [-0.05, 0) is 35.6 Å². The summed E-state index contributed by atoms with van der Waals surface area (Å²) in [6, 6.07) is 4.52. The number of aryl methyl sites for hydroxylation is 1. The van der Waals surface area contributed by atoms with E-state index in [0.29, 0.717) is 11.8 Å². The fourth-order valence-corrected chi connectivity index (χ4v) is 2.29. The predicted molar refractivity (Wildman–Crippen MR) is 67.4 cm³/mol. The summed E-state index contributed by atoms with van der Waals surface area (Å²) in [4.78, 5) is 0. The summed E-state index contributed by atoms with van der Waals surface area (Å²) in [7, 11) is 1.76. The summed E-state index contributed by atoms with van der Waals surface area (Å²) in [5.41, 5.74) is 4.17. The largest absolute Gasteiger partial charge is 0.496 e. The molecule has 0 saturated carbocycles. The third kappa shape index (κ3) is 1.94. The van der Waals surface area contributed by atoms with E-state index in [-0.39, 0.29) is 0 Å². The lowest BCUT2D eigenvalue weighted by atomic mass is 9.86. The fraction of sp³-hybridized carbons (Fsp3) is 0.571. The Kier molecular flexibility index (Phi) is 3.20. The van der Waals surface area contributed by atoms with Gasteiger partial charge in [0.15, 0.2) is 0 Å². The van der Waals surface area contributed by atoms with E-state index in [1.54, 1.807) is 7.11 Å². The molecule has 0 spiro atoms. The summed E-state index contributed by atoms with van der Waals surface area (Å²) in [6.45, 7) is 8.85. The number of benzene rings is 1. The highest BCUT2D eigenvalue weighted by Gasteiger charge is 2.22. The van der Waals surface area contributed by atoms with Crippen molar-refractivity contribution in [1.29, 1.82) is 0 Å². The zero-order valence-electron chi connectivity index (χ0n) is 10.6. The Morgan fingerprint density at radius 3 is 2.44 bits per heavy atom. The zero-order chi connectivity index (χ0) is 11.7. The quantitative estimate of drug-likeness (QED) is 0.844. The Morgan fingerprint density at radius 2 is 2.00 bits per heavy atom. The van der Waals surface area contributed by atoms with Gasteiger partial charge in [-0.15, -0.1) is 0 Å². The van der Waals surface area contributed by atoms with Crippen LogP contribution in [0.25, 0.3) is 0 Å². The molecule has 1 aliphatic heterocycles. The number of ether oxygens (including phenoxy) is 1. The second-order valence-corrected chi connectivity index (χ2v) is 4.96. The van der Waals surface area contributed by atoms with Crippen molar-refractivity contribution >= 4 is 0 Å². The summed E-state index contributed by atoms with van der Waals surface area (Å²) in [5, 5.41) is 3.33. The van der Waals surface area contributed by atoms with Crippen LogP contribution in [0.1, 0.15) is 42.4 Å². The molecule has 2 heteroatoms. The van der Waals surface area contributed by atoms with Crippen molar-refractivity contribution in [3.8, 4) is 5.75 Å². The summed E-state index contributed by atoms with van der Waals surface area (Å²) < 4.78 is 5.46. The molecule has 88 valence electrons. The van der Waals surface area contributed by atoms with Crippen molar-refractivity contribution in [3.63, 3.8) is 0 Å². The molecule has 0 radical (unpaired) electrons. The Morgan fingerprint density at radius 1 is 1.31 bits per heavy atom. The van der Waals surface area contributed by atoms with Gasteiger partial charge in [-0.3, -0.25) is 0 Å². The number of nitrogens with one attached hydrogen (secondary N) is 1. The van der Waals surface area contributed by atoms with Gasteiger partial charge in [0.2, 0.25) is 0 Å². The fourth-order valence-electron chi connectivity index (χ4n) is 2.29. The van der Waals surface area contributed by atoms with Crippen LogP contribution >= 0.6 is 0 Å². The van der Waals surface area contributed by atoms with E-state index in [1.165, 1.54) is 16.7 Å². The van der Waals surface area contributed by atoms with Crippen LogP contribution in [-0.2, 0) is 0 Å². The van der Waals surface area contributed by atoms with E-state index in [9.17, 15) is 0 Å². The maximum absolute atomic E-state index is 5.46. The van der Waals surface area contributed by atoms with Crippen LogP contribution in [0.4, 0.5) is 0 Å². The van der Waals surface area contributed by atoms with Crippen molar-refractivity contribution in [2.24, 2.45) is 0 Å². The van der Waals surface area contributed by atoms with Gasteiger partial charge >= 0.3 is 0 Å². The highest BCUT2D eigenvalue weighted by atomic mass is 16.5. The molecule has 0 bridgehead atoms. The van der Waals surface area contributed by atoms with Crippen molar-refractivity contribution in [2.45, 2.75) is 32.6 Å². The van der Waals surface area contributed by atoms with Gasteiger partial charge in [-0.25, -0.2) is 0 Å². The van der Waals surface area contributed by atoms with Crippen LogP contribution in [0.2, 0.25) is 0 Å². The lowest BCUT2D eigenvalue weighted by molar-refractivity contribution is 0.405. The number of hydrogen-bond acceptors (Lipinski definition) is 2. The van der Waals surface area contributed by atoms with Gasteiger partial charge in [0.05, 0.1) is 7.11 Å². The van der Waals surface area contributed by atoms with Crippen molar-refractivity contribution in [2.75, 3.05) is 20.2 Å². The molecule has 16 heavy (non-hydrogen) atoms. The monoisotopic (exact) mass is 219 g/mol. The first kappa shape index (κ1) is 11.5. The summed E-state index contributed by atoms with van der Waals surface area (Å²) >= 11 is 0. The van der Waals surface area contributed by atoms with Crippen LogP contribution in [0.15, 0.2) is 12.1 Å². The molecule has 1 aliphatic rings. The molecule has 0 aliphatic carbocycles. The Bertz CT molecular complexity index is 381. The van der Waals surface area contributed by atoms with E-state index in [2.05, 4.69) is 38.2 Å². The van der Waals surface area contributed by atoms with Gasteiger partial charge in [-0.2, -0.15) is 0 Å². The molecule has 1 N–H and O–H groups in total. The molecule has 1 aromatic rings. The molecule has 1 saturated heterocycles. The second kappa shape index (κ2) is 4.46. The van der Waals surface area contributed by atoms with Gasteiger partial charge in [0, 0.05) is 19.0 Å². The van der Waals surface area contributed by atoms with E-state index < -0.39 is 0 Å². The molecular formula is C14H21NO. The third-order valence-corrected chi connectivity index (χ3v) is 3.46. The van der Waals surface area contributed by atoms with Crippen LogP contribution in [0, 0.1) is 6.92 Å². The minimum Gasteiger partial charge on any atom is -0.496 e. The second-order valence-electron chi connectivity index (χ2n) is 4.96. The van der Waals surface area contributed by atoms with E-state index >= 15 is 0 Å². The SMILES string of the molecule is COc1cc(C)c(C2CNC2)cc1C(C)C. The van der Waals surface area contributed by atoms with Crippen molar-refractivity contribution in [1.82, 2.24) is 5.32 Å². The number of hydrogen-bond donors (Lipinski definition) is 1. The molecular weight excluding hydrogens is 198 g/mol. The van der Waals surface area contributed by atoms with Gasteiger partial charge in [0.1, 0.15) is 5.75 Å². The molecule has 2 nitrogen and oxygen atoms in total.